The number of nitrogens with one attached hydrogen (secondary N) is 2. The van der Waals surface area contributed by atoms with Crippen molar-refractivity contribution in [1.82, 2.24) is 10.6 Å². The Kier molecular flexibility index (Phi) is 5.48. The number of rotatable bonds is 2. The summed E-state index contributed by atoms with van der Waals surface area (Å²) in [4.78, 5) is 0. The van der Waals surface area contributed by atoms with Crippen molar-refractivity contribution in [2.75, 3.05) is 39.4 Å². The van der Waals surface area contributed by atoms with Crippen LogP contribution < -0.4 is 10.6 Å². The molecular formula is C8H18N2O4S2. The molecule has 0 radical (unpaired) electrons. The highest BCUT2D eigenvalue weighted by atomic mass is 32.2. The molecule has 6 nitrogen and oxygen atoms in total. The molecule has 0 amide bonds. The van der Waals surface area contributed by atoms with Gasteiger partial charge in [-0.05, 0) is 0 Å². The summed E-state index contributed by atoms with van der Waals surface area (Å²) in [5, 5.41) is 6.00. The van der Waals surface area contributed by atoms with Gasteiger partial charge in [-0.3, -0.25) is 0 Å². The first kappa shape index (κ1) is 14.2. The molecule has 96 valence electrons. The quantitative estimate of drug-likeness (QED) is 0.630. The fourth-order valence-electron chi connectivity index (χ4n) is 1.67. The van der Waals surface area contributed by atoms with Crippen molar-refractivity contribution in [2.45, 2.75) is 10.9 Å². The van der Waals surface area contributed by atoms with Gasteiger partial charge in [-0.15, -0.1) is 0 Å². The molecule has 0 spiro atoms. The van der Waals surface area contributed by atoms with E-state index in [0.717, 1.165) is 0 Å². The van der Waals surface area contributed by atoms with Gasteiger partial charge in [0.15, 0.2) is 10.9 Å². The molecule has 2 N–H and O–H groups in total. The Balaban J connectivity index is 0.00000128. The predicted molar refractivity (Wildman–Crippen MR) is 64.5 cm³/mol. The van der Waals surface area contributed by atoms with Crippen molar-refractivity contribution in [1.29, 1.82) is 0 Å². The second-order valence-corrected chi connectivity index (χ2v) is 5.83. The molecule has 0 aromatic rings. The van der Waals surface area contributed by atoms with E-state index in [0.29, 0.717) is 39.4 Å². The average Bonchev–Trinajstić information content (AvgIpc) is 2.31. The first-order chi connectivity index (χ1) is 7.21. The summed E-state index contributed by atoms with van der Waals surface area (Å²) in [5.74, 6) is 0. The zero-order valence-electron chi connectivity index (χ0n) is 8.94. The second kappa shape index (κ2) is 6.18. The van der Waals surface area contributed by atoms with E-state index in [9.17, 15) is 8.42 Å². The lowest BCUT2D eigenvalue weighted by Gasteiger charge is -2.30. The van der Waals surface area contributed by atoms with Gasteiger partial charge in [0, 0.05) is 26.2 Å². The fraction of sp³-hybridized carbons (Fsp3) is 1.00. The zero-order valence-corrected chi connectivity index (χ0v) is 10.8. The molecule has 0 aromatic heterocycles. The van der Waals surface area contributed by atoms with E-state index in [1.165, 1.54) is 0 Å². The molecule has 0 saturated carbocycles. The van der Waals surface area contributed by atoms with E-state index in [1.807, 2.05) is 0 Å². The highest BCUT2D eigenvalue weighted by molar-refractivity contribution is 7.92. The monoisotopic (exact) mass is 270 g/mol. The van der Waals surface area contributed by atoms with Crippen molar-refractivity contribution in [3.63, 3.8) is 0 Å². The molecule has 2 atom stereocenters. The summed E-state index contributed by atoms with van der Waals surface area (Å²) in [6.45, 7) is 2.98. The van der Waals surface area contributed by atoms with Crippen LogP contribution in [0.15, 0.2) is 0 Å². The SMILES string of the molecule is O=S(=O)(C1CNCCO1)C1CNCCO1.S. The average molecular weight is 270 g/mol. The van der Waals surface area contributed by atoms with E-state index >= 15 is 0 Å². The number of morpholine rings is 2. The van der Waals surface area contributed by atoms with Crippen LogP contribution in [-0.4, -0.2) is 58.7 Å². The van der Waals surface area contributed by atoms with Gasteiger partial charge in [-0.2, -0.15) is 13.5 Å². The largest absolute Gasteiger partial charge is 0.360 e. The van der Waals surface area contributed by atoms with Crippen LogP contribution in [0.3, 0.4) is 0 Å². The molecule has 8 heteroatoms. The minimum Gasteiger partial charge on any atom is -0.360 e. The van der Waals surface area contributed by atoms with Crippen LogP contribution in [0.1, 0.15) is 0 Å². The first-order valence-corrected chi connectivity index (χ1v) is 6.69. The summed E-state index contributed by atoms with van der Waals surface area (Å²) in [5.41, 5.74) is -1.53. The van der Waals surface area contributed by atoms with Crippen molar-refractivity contribution in [2.24, 2.45) is 0 Å². The minimum atomic E-state index is -3.35. The maximum atomic E-state index is 12.0. The summed E-state index contributed by atoms with van der Waals surface area (Å²) in [6.07, 6.45) is 0. The van der Waals surface area contributed by atoms with Crippen LogP contribution in [0.25, 0.3) is 0 Å². The maximum Gasteiger partial charge on any atom is 0.206 e. The third kappa shape index (κ3) is 3.08. The molecule has 2 fully saturated rings. The molecule has 16 heavy (non-hydrogen) atoms. The fourth-order valence-corrected chi connectivity index (χ4v) is 3.28. The van der Waals surface area contributed by atoms with Gasteiger partial charge in [0.05, 0.1) is 13.2 Å². The second-order valence-electron chi connectivity index (χ2n) is 3.60. The molecular weight excluding hydrogens is 252 g/mol. The van der Waals surface area contributed by atoms with E-state index in [4.69, 9.17) is 9.47 Å². The molecule has 2 unspecified atom stereocenters. The molecule has 0 bridgehead atoms. The van der Waals surface area contributed by atoms with Crippen LogP contribution in [0.2, 0.25) is 0 Å². The Labute approximate surface area is 102 Å². The lowest BCUT2D eigenvalue weighted by atomic mass is 10.5. The van der Waals surface area contributed by atoms with Crippen LogP contribution in [0.5, 0.6) is 0 Å². The van der Waals surface area contributed by atoms with Crippen molar-refractivity contribution in [3.8, 4) is 0 Å². The van der Waals surface area contributed by atoms with E-state index in [1.54, 1.807) is 0 Å². The molecule has 2 aliphatic rings. The van der Waals surface area contributed by atoms with Gasteiger partial charge in [-0.1, -0.05) is 0 Å². The maximum absolute atomic E-state index is 12.0. The molecule has 2 rings (SSSR count). The minimum absolute atomic E-state index is 0. The van der Waals surface area contributed by atoms with Gasteiger partial charge in [0.25, 0.3) is 0 Å². The van der Waals surface area contributed by atoms with Crippen molar-refractivity contribution in [3.05, 3.63) is 0 Å². The smallest absolute Gasteiger partial charge is 0.206 e. The standard InChI is InChI=1S/C8H16N2O4S.H2S/c11-15(12,7-5-9-1-3-13-7)8-6-10-2-4-14-8;/h7-10H,1-6H2;1H2. The van der Waals surface area contributed by atoms with Crippen LogP contribution >= 0.6 is 13.5 Å². The summed E-state index contributed by atoms with van der Waals surface area (Å²) in [6, 6.07) is 0. The van der Waals surface area contributed by atoms with Gasteiger partial charge in [-0.25, -0.2) is 8.42 Å². The Morgan fingerprint density at radius 3 is 1.69 bits per heavy atom. The topological polar surface area (TPSA) is 76.7 Å². The molecule has 0 aromatic carbocycles. The van der Waals surface area contributed by atoms with Gasteiger partial charge in [0.2, 0.25) is 9.84 Å². The van der Waals surface area contributed by atoms with Crippen LogP contribution in [0, 0.1) is 0 Å². The van der Waals surface area contributed by atoms with E-state index < -0.39 is 20.7 Å². The number of hydrogen-bond donors (Lipinski definition) is 2. The van der Waals surface area contributed by atoms with Gasteiger partial charge >= 0.3 is 0 Å². The Morgan fingerprint density at radius 1 is 0.938 bits per heavy atom. The third-order valence-corrected chi connectivity index (χ3v) is 4.59. The lowest BCUT2D eigenvalue weighted by molar-refractivity contribution is 0.0533. The first-order valence-electron chi connectivity index (χ1n) is 5.08. The van der Waals surface area contributed by atoms with Crippen molar-refractivity contribution >= 4 is 23.3 Å². The Hall–Kier alpha value is 0.140. The van der Waals surface area contributed by atoms with E-state index in [2.05, 4.69) is 10.6 Å². The highest BCUT2D eigenvalue weighted by Crippen LogP contribution is 2.15. The van der Waals surface area contributed by atoms with Gasteiger partial charge < -0.3 is 20.1 Å². The van der Waals surface area contributed by atoms with Gasteiger partial charge in [0.1, 0.15) is 0 Å². The lowest BCUT2D eigenvalue weighted by Crippen LogP contribution is -2.51. The van der Waals surface area contributed by atoms with Crippen LogP contribution in [-0.2, 0) is 19.3 Å². The molecule has 0 aliphatic carbocycles. The van der Waals surface area contributed by atoms with Crippen LogP contribution in [0.4, 0.5) is 0 Å². The van der Waals surface area contributed by atoms with Crippen molar-refractivity contribution < 1.29 is 17.9 Å². The van der Waals surface area contributed by atoms with E-state index in [-0.39, 0.29) is 13.5 Å². The highest BCUT2D eigenvalue weighted by Gasteiger charge is 2.37. The summed E-state index contributed by atoms with van der Waals surface area (Å²) < 4.78 is 34.5. The molecule has 2 saturated heterocycles. The summed E-state index contributed by atoms with van der Waals surface area (Å²) in [7, 11) is -3.35. The zero-order chi connectivity index (χ0) is 10.7. The molecule has 2 heterocycles. The number of hydrogen-bond acceptors (Lipinski definition) is 6. The number of ether oxygens (including phenoxy) is 2. The Morgan fingerprint density at radius 2 is 1.38 bits per heavy atom. The number of sulfone groups is 1. The summed E-state index contributed by atoms with van der Waals surface area (Å²) >= 11 is 0. The predicted octanol–water partition coefficient (Wildman–Crippen LogP) is -1.59. The molecule has 2 aliphatic heterocycles. The third-order valence-electron chi connectivity index (χ3n) is 2.52. The normalized spacial score (nSPS) is 31.8. The Bertz CT molecular complexity index is 273.